The Balaban J connectivity index is 1.99. The maximum Gasteiger partial charge on any atom is 0.326 e. The molecule has 1 aliphatic carbocycles. The first-order valence-corrected chi connectivity index (χ1v) is 6.39. The van der Waals surface area contributed by atoms with Crippen molar-refractivity contribution in [3.63, 3.8) is 0 Å². The first-order chi connectivity index (χ1) is 8.09. The van der Waals surface area contributed by atoms with Gasteiger partial charge in [0.15, 0.2) is 0 Å². The molecule has 2 unspecified atom stereocenters. The van der Waals surface area contributed by atoms with Crippen LogP contribution in [0.3, 0.4) is 0 Å². The van der Waals surface area contributed by atoms with E-state index >= 15 is 0 Å². The van der Waals surface area contributed by atoms with Crippen LogP contribution in [0.4, 0.5) is 4.79 Å². The highest BCUT2D eigenvalue weighted by atomic mass is 16.4. The molecule has 5 heteroatoms. The van der Waals surface area contributed by atoms with Crippen LogP contribution in [0.25, 0.3) is 0 Å². The lowest BCUT2D eigenvalue weighted by atomic mass is 9.90. The summed E-state index contributed by atoms with van der Waals surface area (Å²) >= 11 is 0. The second-order valence-corrected chi connectivity index (χ2v) is 5.17. The van der Waals surface area contributed by atoms with E-state index < -0.39 is 12.0 Å². The Morgan fingerprint density at radius 2 is 1.94 bits per heavy atom. The topological polar surface area (TPSA) is 69.6 Å². The third kappa shape index (κ3) is 2.53. The highest BCUT2D eigenvalue weighted by molar-refractivity contribution is 5.83. The van der Waals surface area contributed by atoms with Crippen LogP contribution < -0.4 is 5.32 Å². The average molecular weight is 240 g/mol. The van der Waals surface area contributed by atoms with Crippen molar-refractivity contribution in [3.05, 3.63) is 0 Å². The van der Waals surface area contributed by atoms with Gasteiger partial charge in [-0.15, -0.1) is 0 Å². The van der Waals surface area contributed by atoms with Gasteiger partial charge in [-0.1, -0.05) is 6.92 Å². The molecule has 2 N–H and O–H groups in total. The van der Waals surface area contributed by atoms with Crippen molar-refractivity contribution in [1.29, 1.82) is 0 Å². The highest BCUT2D eigenvalue weighted by Crippen LogP contribution is 2.25. The van der Waals surface area contributed by atoms with Gasteiger partial charge < -0.3 is 15.3 Å². The molecular formula is C12H20N2O3. The minimum absolute atomic E-state index is 0.0355. The number of urea groups is 1. The van der Waals surface area contributed by atoms with Crippen LogP contribution >= 0.6 is 0 Å². The Morgan fingerprint density at radius 1 is 1.24 bits per heavy atom. The standard InChI is InChI=1S/C12H20N2O3/c1-8-4-3-7-14(10(8)11(15)16)12(17)13-9-5-2-6-9/h8-10H,2-7H2,1H3,(H,13,17)(H,15,16). The van der Waals surface area contributed by atoms with Crippen molar-refractivity contribution >= 4 is 12.0 Å². The lowest BCUT2D eigenvalue weighted by molar-refractivity contribution is -0.145. The minimum Gasteiger partial charge on any atom is -0.480 e. The monoisotopic (exact) mass is 240 g/mol. The molecule has 0 aromatic carbocycles. The molecular weight excluding hydrogens is 220 g/mol. The van der Waals surface area contributed by atoms with E-state index in [4.69, 9.17) is 0 Å². The zero-order valence-corrected chi connectivity index (χ0v) is 10.2. The first kappa shape index (κ1) is 12.2. The maximum atomic E-state index is 12.0. The molecule has 17 heavy (non-hydrogen) atoms. The van der Waals surface area contributed by atoms with E-state index in [0.717, 1.165) is 32.1 Å². The second kappa shape index (κ2) is 4.94. The first-order valence-electron chi connectivity index (χ1n) is 6.39. The summed E-state index contributed by atoms with van der Waals surface area (Å²) in [4.78, 5) is 24.7. The van der Waals surface area contributed by atoms with Gasteiger partial charge >= 0.3 is 12.0 Å². The third-order valence-corrected chi connectivity index (χ3v) is 3.88. The molecule has 2 rings (SSSR count). The van der Waals surface area contributed by atoms with Gasteiger partial charge in [-0.3, -0.25) is 0 Å². The van der Waals surface area contributed by atoms with E-state index in [2.05, 4.69) is 5.32 Å². The Bertz CT molecular complexity index is 315. The van der Waals surface area contributed by atoms with Crippen LogP contribution in [-0.2, 0) is 4.79 Å². The largest absolute Gasteiger partial charge is 0.480 e. The molecule has 0 aromatic heterocycles. The summed E-state index contributed by atoms with van der Waals surface area (Å²) in [6.45, 7) is 2.46. The number of piperidine rings is 1. The van der Waals surface area contributed by atoms with E-state index in [9.17, 15) is 14.7 Å². The summed E-state index contributed by atoms with van der Waals surface area (Å²) in [6, 6.07) is -0.605. The number of likely N-dealkylation sites (tertiary alicyclic amines) is 1. The molecule has 1 saturated heterocycles. The molecule has 96 valence electrons. The molecule has 0 spiro atoms. The van der Waals surface area contributed by atoms with Crippen molar-refractivity contribution in [1.82, 2.24) is 10.2 Å². The quantitative estimate of drug-likeness (QED) is 0.767. The van der Waals surface area contributed by atoms with E-state index in [1.54, 1.807) is 0 Å². The van der Waals surface area contributed by atoms with Crippen molar-refractivity contribution in [2.24, 2.45) is 5.92 Å². The third-order valence-electron chi connectivity index (χ3n) is 3.88. The lowest BCUT2D eigenvalue weighted by Gasteiger charge is -2.39. The fourth-order valence-corrected chi connectivity index (χ4v) is 2.60. The maximum absolute atomic E-state index is 12.0. The van der Waals surface area contributed by atoms with Gasteiger partial charge in [0.05, 0.1) is 0 Å². The van der Waals surface area contributed by atoms with E-state index in [-0.39, 0.29) is 18.0 Å². The van der Waals surface area contributed by atoms with Crippen LogP contribution in [0.5, 0.6) is 0 Å². The summed E-state index contributed by atoms with van der Waals surface area (Å²) in [5.41, 5.74) is 0. The van der Waals surface area contributed by atoms with E-state index in [1.165, 1.54) is 4.90 Å². The van der Waals surface area contributed by atoms with Crippen LogP contribution in [0.1, 0.15) is 39.0 Å². The van der Waals surface area contributed by atoms with E-state index in [1.807, 2.05) is 6.92 Å². The lowest BCUT2D eigenvalue weighted by Crippen LogP contribution is -2.57. The summed E-state index contributed by atoms with van der Waals surface area (Å²) in [7, 11) is 0. The molecule has 1 aliphatic heterocycles. The van der Waals surface area contributed by atoms with Crippen molar-refractivity contribution in [2.75, 3.05) is 6.54 Å². The molecule has 2 amide bonds. The summed E-state index contributed by atoms with van der Waals surface area (Å²) < 4.78 is 0. The molecule has 2 fully saturated rings. The predicted octanol–water partition coefficient (Wildman–Crippen LogP) is 1.43. The molecule has 5 nitrogen and oxygen atoms in total. The van der Waals surface area contributed by atoms with Crippen LogP contribution in [0.2, 0.25) is 0 Å². The van der Waals surface area contributed by atoms with E-state index in [0.29, 0.717) is 6.54 Å². The number of carbonyl (C=O) groups excluding carboxylic acids is 1. The summed E-state index contributed by atoms with van der Waals surface area (Å²) in [5.74, 6) is -0.852. The molecule has 0 bridgehead atoms. The zero-order chi connectivity index (χ0) is 12.4. The number of rotatable bonds is 2. The van der Waals surface area contributed by atoms with Crippen LogP contribution in [0, 0.1) is 5.92 Å². The molecule has 0 radical (unpaired) electrons. The van der Waals surface area contributed by atoms with Gasteiger partial charge in [0.25, 0.3) is 0 Å². The number of nitrogens with zero attached hydrogens (tertiary/aromatic N) is 1. The fraction of sp³-hybridized carbons (Fsp3) is 0.833. The SMILES string of the molecule is CC1CCCN(C(=O)NC2CCC2)C1C(=O)O. The van der Waals surface area contributed by atoms with Gasteiger partial charge in [0.2, 0.25) is 0 Å². The van der Waals surface area contributed by atoms with Gasteiger partial charge in [-0.05, 0) is 38.0 Å². The van der Waals surface area contributed by atoms with Crippen molar-refractivity contribution in [2.45, 2.75) is 51.1 Å². The number of aliphatic carboxylic acids is 1. The van der Waals surface area contributed by atoms with Crippen LogP contribution in [0.15, 0.2) is 0 Å². The number of hydrogen-bond donors (Lipinski definition) is 2. The number of carboxylic acid groups (broad SMARTS) is 1. The molecule has 1 heterocycles. The van der Waals surface area contributed by atoms with Gasteiger partial charge in [-0.2, -0.15) is 0 Å². The van der Waals surface area contributed by atoms with Crippen LogP contribution in [-0.4, -0.2) is 40.6 Å². The highest BCUT2D eigenvalue weighted by Gasteiger charge is 2.37. The fourth-order valence-electron chi connectivity index (χ4n) is 2.60. The second-order valence-electron chi connectivity index (χ2n) is 5.17. The Morgan fingerprint density at radius 3 is 2.47 bits per heavy atom. The number of carboxylic acids is 1. The Kier molecular flexibility index (Phi) is 3.54. The number of nitrogens with one attached hydrogen (secondary N) is 1. The molecule has 0 aromatic rings. The minimum atomic E-state index is -0.888. The molecule has 2 atom stereocenters. The van der Waals surface area contributed by atoms with Crippen molar-refractivity contribution < 1.29 is 14.7 Å². The Hall–Kier alpha value is -1.26. The summed E-state index contributed by atoms with van der Waals surface area (Å²) in [5, 5.41) is 12.1. The molecule has 1 saturated carbocycles. The normalized spacial score (nSPS) is 29.6. The predicted molar refractivity (Wildman–Crippen MR) is 62.7 cm³/mol. The Labute approximate surface area is 101 Å². The van der Waals surface area contributed by atoms with Gasteiger partial charge in [-0.25, -0.2) is 9.59 Å². The zero-order valence-electron chi connectivity index (χ0n) is 10.2. The van der Waals surface area contributed by atoms with Gasteiger partial charge in [0, 0.05) is 12.6 Å². The average Bonchev–Trinajstić information content (AvgIpc) is 2.22. The number of hydrogen-bond acceptors (Lipinski definition) is 2. The molecule has 2 aliphatic rings. The number of amides is 2. The number of carbonyl (C=O) groups is 2. The van der Waals surface area contributed by atoms with Crippen molar-refractivity contribution in [3.8, 4) is 0 Å². The smallest absolute Gasteiger partial charge is 0.326 e. The summed E-state index contributed by atoms with van der Waals surface area (Å²) in [6.07, 6.45) is 4.97. The van der Waals surface area contributed by atoms with Gasteiger partial charge in [0.1, 0.15) is 6.04 Å².